The maximum Gasteiger partial charge on any atom is 0.490 e. The predicted octanol–water partition coefficient (Wildman–Crippen LogP) is 3.69. The summed E-state index contributed by atoms with van der Waals surface area (Å²) in [5.41, 5.74) is 0.889. The fourth-order valence-electron chi connectivity index (χ4n) is 3.00. The highest BCUT2D eigenvalue weighted by molar-refractivity contribution is 7.92. The van der Waals surface area contributed by atoms with Crippen molar-refractivity contribution in [3.8, 4) is 5.75 Å². The van der Waals surface area contributed by atoms with Gasteiger partial charge in [-0.05, 0) is 68.7 Å². The summed E-state index contributed by atoms with van der Waals surface area (Å²) >= 11 is 0. The lowest BCUT2D eigenvalue weighted by Gasteiger charge is -2.18. The number of ether oxygens (including phenoxy) is 1. The van der Waals surface area contributed by atoms with Gasteiger partial charge < -0.3 is 15.2 Å². The molecule has 3 rings (SSSR count). The van der Waals surface area contributed by atoms with Crippen LogP contribution in [-0.4, -0.2) is 44.7 Å². The van der Waals surface area contributed by atoms with Crippen LogP contribution in [-0.2, 0) is 25.0 Å². The summed E-state index contributed by atoms with van der Waals surface area (Å²) in [5, 5.41) is 10.1. The number of nitrogens with one attached hydrogen (secondary N) is 2. The first kappa shape index (κ1) is 27.0. The second kappa shape index (κ2) is 10.3. The number of rotatable bonds is 7. The Morgan fingerprint density at radius 1 is 1.03 bits per heavy atom. The van der Waals surface area contributed by atoms with Gasteiger partial charge in [0.2, 0.25) is 5.91 Å². The third-order valence-electron chi connectivity index (χ3n) is 4.91. The molecule has 0 unspecified atom stereocenters. The van der Waals surface area contributed by atoms with Crippen molar-refractivity contribution in [2.75, 3.05) is 11.8 Å². The Hall–Kier alpha value is -3.28. The van der Waals surface area contributed by atoms with Crippen molar-refractivity contribution in [3.63, 3.8) is 0 Å². The predicted molar refractivity (Wildman–Crippen MR) is 118 cm³/mol. The monoisotopic (exact) mass is 502 g/mol. The molecule has 0 aliphatic heterocycles. The Morgan fingerprint density at radius 2 is 1.53 bits per heavy atom. The van der Waals surface area contributed by atoms with E-state index in [1.165, 1.54) is 19.2 Å². The Labute approximate surface area is 195 Å². The Kier molecular flexibility index (Phi) is 8.19. The van der Waals surface area contributed by atoms with E-state index in [0.29, 0.717) is 11.4 Å². The molecule has 1 amide bonds. The van der Waals surface area contributed by atoms with Crippen LogP contribution in [0.4, 0.5) is 18.9 Å². The second-order valence-corrected chi connectivity index (χ2v) is 9.55. The van der Waals surface area contributed by atoms with Gasteiger partial charge >= 0.3 is 12.1 Å². The van der Waals surface area contributed by atoms with E-state index in [1.54, 1.807) is 24.3 Å². The topological polar surface area (TPSA) is 122 Å². The summed E-state index contributed by atoms with van der Waals surface area (Å²) < 4.78 is 64.4. The number of carboxylic acid groups (broad SMARTS) is 1. The summed E-state index contributed by atoms with van der Waals surface area (Å²) in [5.74, 6) is -2.13. The first-order valence-electron chi connectivity index (χ1n) is 10.1. The highest BCUT2D eigenvalue weighted by Crippen LogP contribution is 2.48. The van der Waals surface area contributed by atoms with Gasteiger partial charge in [0.05, 0.1) is 17.4 Å². The minimum atomic E-state index is -5.08. The molecule has 8 nitrogen and oxygen atoms in total. The number of sulfonamides is 1. The number of aliphatic carboxylic acids is 1. The summed E-state index contributed by atoms with van der Waals surface area (Å²) in [6.45, 7) is 3.87. The van der Waals surface area contributed by atoms with Gasteiger partial charge in [0.15, 0.2) is 0 Å². The SMILES string of the molecule is COc1ccc(S(=O)(=O)Nc2ccc(C3(C(=O)NC(C)C)CC3)cc2)cc1.O=C(O)C(F)(F)F. The van der Waals surface area contributed by atoms with Crippen LogP contribution >= 0.6 is 0 Å². The van der Waals surface area contributed by atoms with Crippen LogP contribution in [0.1, 0.15) is 32.3 Å². The number of anilines is 1. The average Bonchev–Trinajstić information content (AvgIpc) is 3.55. The second-order valence-electron chi connectivity index (χ2n) is 7.87. The van der Waals surface area contributed by atoms with Gasteiger partial charge in [-0.25, -0.2) is 13.2 Å². The summed E-state index contributed by atoms with van der Waals surface area (Å²) in [7, 11) is -2.16. The van der Waals surface area contributed by atoms with Crippen molar-refractivity contribution < 1.29 is 41.0 Å². The number of benzene rings is 2. The van der Waals surface area contributed by atoms with Crippen molar-refractivity contribution >= 4 is 27.6 Å². The molecule has 0 spiro atoms. The molecule has 0 bridgehead atoms. The van der Waals surface area contributed by atoms with E-state index in [1.807, 2.05) is 26.0 Å². The molecule has 12 heteroatoms. The maximum atomic E-state index is 12.5. The van der Waals surface area contributed by atoms with Crippen molar-refractivity contribution in [2.24, 2.45) is 0 Å². The van der Waals surface area contributed by atoms with E-state index in [9.17, 15) is 26.4 Å². The lowest BCUT2D eigenvalue weighted by Crippen LogP contribution is -2.38. The van der Waals surface area contributed by atoms with Crippen molar-refractivity contribution in [2.45, 2.75) is 49.2 Å². The molecular weight excluding hydrogens is 477 g/mol. The molecule has 2 aromatic carbocycles. The Morgan fingerprint density at radius 3 is 1.91 bits per heavy atom. The highest BCUT2D eigenvalue weighted by Gasteiger charge is 2.51. The van der Waals surface area contributed by atoms with Crippen molar-refractivity contribution in [3.05, 3.63) is 54.1 Å². The molecule has 3 N–H and O–H groups in total. The standard InChI is InChI=1S/C20H24N2O4S.C2HF3O2/c1-14(2)21-19(23)20(12-13-20)15-4-6-16(7-5-15)22-27(24,25)18-10-8-17(26-3)9-11-18;3-2(4,5)1(6)7/h4-11,14,22H,12-13H2,1-3H3,(H,21,23);(H,6,7). The number of hydrogen-bond acceptors (Lipinski definition) is 5. The van der Waals surface area contributed by atoms with Gasteiger partial charge in [0, 0.05) is 11.7 Å². The van der Waals surface area contributed by atoms with Crippen molar-refractivity contribution in [1.29, 1.82) is 0 Å². The number of halogens is 3. The Balaban J connectivity index is 0.000000509. The van der Waals surface area contributed by atoms with Gasteiger partial charge in [-0.2, -0.15) is 13.2 Å². The molecule has 0 atom stereocenters. The van der Waals surface area contributed by atoms with E-state index in [2.05, 4.69) is 10.0 Å². The van der Waals surface area contributed by atoms with E-state index >= 15 is 0 Å². The third-order valence-corrected chi connectivity index (χ3v) is 6.30. The van der Waals surface area contributed by atoms with Crippen LogP contribution in [0.5, 0.6) is 5.75 Å². The van der Waals surface area contributed by atoms with E-state index in [-0.39, 0.29) is 16.8 Å². The molecule has 2 aromatic rings. The zero-order valence-corrected chi connectivity index (χ0v) is 19.5. The molecule has 0 heterocycles. The molecule has 1 saturated carbocycles. The smallest absolute Gasteiger partial charge is 0.490 e. The van der Waals surface area contributed by atoms with Gasteiger partial charge in [-0.3, -0.25) is 9.52 Å². The van der Waals surface area contributed by atoms with E-state index < -0.39 is 27.6 Å². The molecular formula is C22H25F3N2O6S. The van der Waals surface area contributed by atoms with Crippen LogP contribution in [0.25, 0.3) is 0 Å². The fraction of sp³-hybridized carbons (Fsp3) is 0.364. The van der Waals surface area contributed by atoms with Crippen LogP contribution in [0.2, 0.25) is 0 Å². The molecule has 0 radical (unpaired) electrons. The van der Waals surface area contributed by atoms with Crippen LogP contribution in [0.3, 0.4) is 0 Å². The first-order valence-corrected chi connectivity index (χ1v) is 11.6. The summed E-state index contributed by atoms with van der Waals surface area (Å²) in [6, 6.07) is 13.3. The lowest BCUT2D eigenvalue weighted by atomic mass is 9.94. The van der Waals surface area contributed by atoms with Crippen LogP contribution in [0.15, 0.2) is 53.4 Å². The minimum Gasteiger partial charge on any atom is -0.497 e. The van der Waals surface area contributed by atoms with Gasteiger partial charge in [0.25, 0.3) is 10.0 Å². The van der Waals surface area contributed by atoms with Crippen molar-refractivity contribution in [1.82, 2.24) is 5.32 Å². The van der Waals surface area contributed by atoms with Crippen LogP contribution < -0.4 is 14.8 Å². The zero-order valence-electron chi connectivity index (χ0n) is 18.6. The van der Waals surface area contributed by atoms with Gasteiger partial charge in [0.1, 0.15) is 5.75 Å². The number of carbonyl (C=O) groups is 2. The molecule has 186 valence electrons. The highest BCUT2D eigenvalue weighted by atomic mass is 32.2. The molecule has 1 aliphatic carbocycles. The number of carboxylic acids is 1. The van der Waals surface area contributed by atoms with E-state index in [4.69, 9.17) is 14.6 Å². The van der Waals surface area contributed by atoms with Gasteiger partial charge in [-0.15, -0.1) is 0 Å². The number of amides is 1. The van der Waals surface area contributed by atoms with Gasteiger partial charge in [-0.1, -0.05) is 12.1 Å². The maximum absolute atomic E-state index is 12.5. The van der Waals surface area contributed by atoms with Crippen LogP contribution in [0, 0.1) is 0 Å². The fourth-order valence-corrected chi connectivity index (χ4v) is 4.06. The summed E-state index contributed by atoms with van der Waals surface area (Å²) in [6.07, 6.45) is -3.47. The largest absolute Gasteiger partial charge is 0.497 e. The zero-order chi connectivity index (χ0) is 25.7. The quantitative estimate of drug-likeness (QED) is 0.531. The molecule has 34 heavy (non-hydrogen) atoms. The normalized spacial score (nSPS) is 14.4. The average molecular weight is 503 g/mol. The molecule has 1 fully saturated rings. The number of alkyl halides is 3. The minimum absolute atomic E-state index is 0.0315. The van der Waals surface area contributed by atoms with E-state index in [0.717, 1.165) is 18.4 Å². The molecule has 0 aromatic heterocycles. The number of hydrogen-bond donors (Lipinski definition) is 3. The summed E-state index contributed by atoms with van der Waals surface area (Å²) in [4.78, 5) is 21.5. The number of methoxy groups -OCH3 is 1. The Bertz CT molecular complexity index is 1110. The lowest BCUT2D eigenvalue weighted by molar-refractivity contribution is -0.192. The first-order chi connectivity index (χ1) is 15.7. The molecule has 0 saturated heterocycles. The molecule has 1 aliphatic rings. The third kappa shape index (κ3) is 6.86. The number of carbonyl (C=O) groups excluding carboxylic acids is 1.